The fourth-order valence-corrected chi connectivity index (χ4v) is 3.52. The number of aromatic nitrogens is 1. The molecule has 0 spiro atoms. The molecule has 2 aromatic carbocycles. The second kappa shape index (κ2) is 5.73. The first-order chi connectivity index (χ1) is 9.76. The number of fused-ring (bicyclic) bond motifs is 1. The third-order valence-corrected chi connectivity index (χ3v) is 5.08. The molecule has 1 aromatic heterocycles. The minimum Gasteiger partial charge on any atom is -0.398 e. The van der Waals surface area contributed by atoms with Gasteiger partial charge in [0.1, 0.15) is 0 Å². The number of thiazole rings is 1. The fraction of sp³-hybridized carbons (Fsp3) is 0.133. The molecule has 0 amide bonds. The Morgan fingerprint density at radius 3 is 2.90 bits per heavy atom. The smallest absolute Gasteiger partial charge is 0.150 e. The molecule has 3 rings (SSSR count). The molecule has 0 radical (unpaired) electrons. The Labute approximate surface area is 126 Å². The molecule has 0 aliphatic carbocycles. The molecular formula is C15H15N3S2. The van der Waals surface area contributed by atoms with Crippen molar-refractivity contribution in [1.29, 1.82) is 0 Å². The summed E-state index contributed by atoms with van der Waals surface area (Å²) in [6.45, 7) is 0.729. The SMILES string of the molecule is CSc1nc2ccc(NCc3ccccc3N)cc2s1. The van der Waals surface area contributed by atoms with Gasteiger partial charge < -0.3 is 11.1 Å². The van der Waals surface area contributed by atoms with Gasteiger partial charge in [0.2, 0.25) is 0 Å². The van der Waals surface area contributed by atoms with Crippen LogP contribution in [0.3, 0.4) is 0 Å². The lowest BCUT2D eigenvalue weighted by Crippen LogP contribution is -2.02. The van der Waals surface area contributed by atoms with Crippen molar-refractivity contribution >= 4 is 44.7 Å². The van der Waals surface area contributed by atoms with Crippen molar-refractivity contribution < 1.29 is 0 Å². The van der Waals surface area contributed by atoms with E-state index < -0.39 is 0 Å². The van der Waals surface area contributed by atoms with Crippen molar-refractivity contribution in [3.63, 3.8) is 0 Å². The second-order valence-electron chi connectivity index (χ2n) is 4.42. The number of nitrogens with zero attached hydrogens (tertiary/aromatic N) is 1. The summed E-state index contributed by atoms with van der Waals surface area (Å²) in [5.74, 6) is 0. The predicted molar refractivity (Wildman–Crippen MR) is 89.6 cm³/mol. The van der Waals surface area contributed by atoms with Crippen molar-refractivity contribution in [2.24, 2.45) is 0 Å². The molecule has 3 aromatic rings. The summed E-state index contributed by atoms with van der Waals surface area (Å²) in [6, 6.07) is 14.2. The molecule has 0 aliphatic rings. The highest BCUT2D eigenvalue weighted by Gasteiger charge is 2.04. The van der Waals surface area contributed by atoms with E-state index in [9.17, 15) is 0 Å². The molecular weight excluding hydrogens is 286 g/mol. The van der Waals surface area contributed by atoms with Gasteiger partial charge in [-0.3, -0.25) is 0 Å². The molecule has 1 heterocycles. The summed E-state index contributed by atoms with van der Waals surface area (Å²) in [6.07, 6.45) is 2.05. The largest absolute Gasteiger partial charge is 0.398 e. The number of hydrogen-bond acceptors (Lipinski definition) is 5. The van der Waals surface area contributed by atoms with Gasteiger partial charge in [0.15, 0.2) is 4.34 Å². The Bertz CT molecular complexity index is 737. The Kier molecular flexibility index (Phi) is 3.80. The molecule has 3 nitrogen and oxygen atoms in total. The molecule has 0 aliphatic heterocycles. The maximum Gasteiger partial charge on any atom is 0.150 e. The number of nitrogens with two attached hydrogens (primary N) is 1. The highest BCUT2D eigenvalue weighted by atomic mass is 32.2. The summed E-state index contributed by atoms with van der Waals surface area (Å²) in [5, 5.41) is 3.41. The van der Waals surface area contributed by atoms with Gasteiger partial charge in [-0.15, -0.1) is 11.3 Å². The fourth-order valence-electron chi connectivity index (χ4n) is 1.99. The van der Waals surface area contributed by atoms with Crippen LogP contribution in [0.4, 0.5) is 11.4 Å². The first kappa shape index (κ1) is 13.3. The third-order valence-electron chi connectivity index (χ3n) is 3.08. The minimum atomic E-state index is 0.729. The van der Waals surface area contributed by atoms with Crippen molar-refractivity contribution in [2.45, 2.75) is 10.9 Å². The van der Waals surface area contributed by atoms with E-state index in [1.165, 1.54) is 4.70 Å². The number of benzene rings is 2. The van der Waals surface area contributed by atoms with E-state index in [1.54, 1.807) is 23.1 Å². The number of rotatable bonds is 4. The number of hydrogen-bond donors (Lipinski definition) is 2. The van der Waals surface area contributed by atoms with Crippen LogP contribution in [0.2, 0.25) is 0 Å². The average Bonchev–Trinajstić information content (AvgIpc) is 2.88. The Balaban J connectivity index is 1.79. The number of nitrogen functional groups attached to an aromatic ring is 1. The quantitative estimate of drug-likeness (QED) is 0.560. The third kappa shape index (κ3) is 2.73. The van der Waals surface area contributed by atoms with Crippen LogP contribution >= 0.6 is 23.1 Å². The molecule has 0 atom stereocenters. The van der Waals surface area contributed by atoms with Crippen LogP contribution in [-0.4, -0.2) is 11.2 Å². The van der Waals surface area contributed by atoms with Crippen molar-refractivity contribution in [3.8, 4) is 0 Å². The van der Waals surface area contributed by atoms with Gasteiger partial charge in [0, 0.05) is 17.9 Å². The average molecular weight is 301 g/mol. The highest BCUT2D eigenvalue weighted by Crippen LogP contribution is 2.30. The Morgan fingerprint density at radius 2 is 2.10 bits per heavy atom. The van der Waals surface area contributed by atoms with Gasteiger partial charge in [0.05, 0.1) is 10.2 Å². The molecule has 20 heavy (non-hydrogen) atoms. The van der Waals surface area contributed by atoms with E-state index in [-0.39, 0.29) is 0 Å². The van der Waals surface area contributed by atoms with Crippen LogP contribution in [0.5, 0.6) is 0 Å². The van der Waals surface area contributed by atoms with Crippen molar-refractivity contribution in [2.75, 3.05) is 17.3 Å². The minimum absolute atomic E-state index is 0.729. The van der Waals surface area contributed by atoms with Crippen molar-refractivity contribution in [1.82, 2.24) is 4.98 Å². The molecule has 0 unspecified atom stereocenters. The molecule has 3 N–H and O–H groups in total. The van der Waals surface area contributed by atoms with Gasteiger partial charge in [-0.05, 0) is 36.1 Å². The van der Waals surface area contributed by atoms with Gasteiger partial charge in [-0.2, -0.15) is 0 Å². The molecule has 5 heteroatoms. The van der Waals surface area contributed by atoms with E-state index in [1.807, 2.05) is 24.3 Å². The molecule has 0 saturated heterocycles. The number of anilines is 2. The summed E-state index contributed by atoms with van der Waals surface area (Å²) in [4.78, 5) is 4.54. The number of thioether (sulfide) groups is 1. The monoisotopic (exact) mass is 301 g/mol. The summed E-state index contributed by atoms with van der Waals surface area (Å²) < 4.78 is 2.31. The molecule has 102 valence electrons. The molecule has 0 saturated carbocycles. The summed E-state index contributed by atoms with van der Waals surface area (Å²) in [7, 11) is 0. The lowest BCUT2D eigenvalue weighted by Gasteiger charge is -2.08. The van der Waals surface area contributed by atoms with Gasteiger partial charge in [0.25, 0.3) is 0 Å². The van der Waals surface area contributed by atoms with Crippen LogP contribution in [0.15, 0.2) is 46.8 Å². The van der Waals surface area contributed by atoms with E-state index in [2.05, 4.69) is 34.8 Å². The van der Waals surface area contributed by atoms with E-state index in [0.29, 0.717) is 0 Å². The van der Waals surface area contributed by atoms with Crippen molar-refractivity contribution in [3.05, 3.63) is 48.0 Å². The van der Waals surface area contributed by atoms with E-state index in [0.717, 1.165) is 33.3 Å². The zero-order valence-electron chi connectivity index (χ0n) is 11.1. The maximum absolute atomic E-state index is 5.95. The van der Waals surface area contributed by atoms with Crippen LogP contribution < -0.4 is 11.1 Å². The Morgan fingerprint density at radius 1 is 1.25 bits per heavy atom. The highest BCUT2D eigenvalue weighted by molar-refractivity contribution is 8.00. The first-order valence-electron chi connectivity index (χ1n) is 6.28. The topological polar surface area (TPSA) is 50.9 Å². The zero-order chi connectivity index (χ0) is 13.9. The normalized spacial score (nSPS) is 10.8. The van der Waals surface area contributed by atoms with Crippen LogP contribution in [0.25, 0.3) is 10.2 Å². The van der Waals surface area contributed by atoms with E-state index >= 15 is 0 Å². The number of para-hydroxylation sites is 1. The maximum atomic E-state index is 5.95. The molecule has 0 bridgehead atoms. The first-order valence-corrected chi connectivity index (χ1v) is 8.32. The zero-order valence-corrected chi connectivity index (χ0v) is 12.7. The Hall–Kier alpha value is -1.72. The lowest BCUT2D eigenvalue weighted by molar-refractivity contribution is 1.16. The lowest BCUT2D eigenvalue weighted by atomic mass is 10.2. The van der Waals surface area contributed by atoms with Crippen LogP contribution in [0.1, 0.15) is 5.56 Å². The second-order valence-corrected chi connectivity index (χ2v) is 6.50. The van der Waals surface area contributed by atoms with Crippen LogP contribution in [-0.2, 0) is 6.54 Å². The van der Waals surface area contributed by atoms with Gasteiger partial charge in [-0.1, -0.05) is 30.0 Å². The predicted octanol–water partition coefficient (Wildman–Crippen LogP) is 4.21. The summed E-state index contributed by atoms with van der Waals surface area (Å²) in [5.41, 5.74) is 10.0. The van der Waals surface area contributed by atoms with Gasteiger partial charge >= 0.3 is 0 Å². The molecule has 0 fully saturated rings. The number of nitrogens with one attached hydrogen (secondary N) is 1. The standard InChI is InChI=1S/C15H15N3S2/c1-19-15-18-13-7-6-11(8-14(13)20-15)17-9-10-4-2-3-5-12(10)16/h2-8,17H,9,16H2,1H3. The van der Waals surface area contributed by atoms with Crippen LogP contribution in [0, 0.1) is 0 Å². The van der Waals surface area contributed by atoms with E-state index in [4.69, 9.17) is 5.73 Å². The van der Waals surface area contributed by atoms with Gasteiger partial charge in [-0.25, -0.2) is 4.98 Å². The summed E-state index contributed by atoms with van der Waals surface area (Å²) >= 11 is 3.41.